The lowest BCUT2D eigenvalue weighted by Gasteiger charge is -2.32. The Bertz CT molecular complexity index is 998. The molecule has 0 fully saturated rings. The highest BCUT2D eigenvalue weighted by atomic mass is 32.2. The summed E-state index contributed by atoms with van der Waals surface area (Å²) in [6.45, 7) is 3.86. The third-order valence-corrected chi connectivity index (χ3v) is 6.07. The summed E-state index contributed by atoms with van der Waals surface area (Å²) in [5.41, 5.74) is 0.987. The van der Waals surface area contributed by atoms with Crippen LogP contribution in [0.2, 0.25) is 0 Å². The molecule has 2 rings (SSSR count). The van der Waals surface area contributed by atoms with Gasteiger partial charge in [-0.15, -0.1) is 0 Å². The molecule has 174 valence electrons. The number of sulfonamides is 1. The standard InChI is InChI=1S/C23H30FN3O4S/c1-4-15-25-23(29)21(5-2)26(16-18-9-7-6-8-10-18)22(28)17-27(32(3,30)31)20-13-11-19(24)12-14-20/h6-14,21H,4-5,15-17H2,1-3H3,(H,25,29)/t21-/m1/s1. The van der Waals surface area contributed by atoms with Gasteiger partial charge in [0.05, 0.1) is 11.9 Å². The second-order valence-corrected chi connectivity index (χ2v) is 9.38. The maximum atomic E-state index is 13.4. The van der Waals surface area contributed by atoms with Crippen LogP contribution in [0.5, 0.6) is 0 Å². The molecule has 2 aromatic rings. The number of rotatable bonds is 11. The fraction of sp³-hybridized carbons (Fsp3) is 0.391. The van der Waals surface area contributed by atoms with Crippen molar-refractivity contribution in [2.45, 2.75) is 39.3 Å². The first-order valence-electron chi connectivity index (χ1n) is 10.5. The van der Waals surface area contributed by atoms with Gasteiger partial charge in [0.25, 0.3) is 0 Å². The van der Waals surface area contributed by atoms with Crippen molar-refractivity contribution in [3.63, 3.8) is 0 Å². The van der Waals surface area contributed by atoms with E-state index in [-0.39, 0.29) is 18.1 Å². The summed E-state index contributed by atoms with van der Waals surface area (Å²) < 4.78 is 39.1. The van der Waals surface area contributed by atoms with Crippen molar-refractivity contribution in [1.82, 2.24) is 10.2 Å². The van der Waals surface area contributed by atoms with Crippen LogP contribution < -0.4 is 9.62 Å². The van der Waals surface area contributed by atoms with E-state index < -0.39 is 34.3 Å². The molecule has 9 heteroatoms. The van der Waals surface area contributed by atoms with E-state index in [1.54, 1.807) is 6.92 Å². The van der Waals surface area contributed by atoms with Crippen molar-refractivity contribution in [2.75, 3.05) is 23.7 Å². The van der Waals surface area contributed by atoms with Crippen molar-refractivity contribution >= 4 is 27.5 Å². The molecule has 7 nitrogen and oxygen atoms in total. The lowest BCUT2D eigenvalue weighted by atomic mass is 10.1. The summed E-state index contributed by atoms with van der Waals surface area (Å²) in [5, 5.41) is 2.82. The number of hydrogen-bond acceptors (Lipinski definition) is 4. The van der Waals surface area contributed by atoms with E-state index in [4.69, 9.17) is 0 Å². The Morgan fingerprint density at radius 2 is 1.66 bits per heavy atom. The van der Waals surface area contributed by atoms with E-state index in [1.165, 1.54) is 17.0 Å². The summed E-state index contributed by atoms with van der Waals surface area (Å²) in [5.74, 6) is -1.33. The van der Waals surface area contributed by atoms with E-state index >= 15 is 0 Å². The Labute approximate surface area is 189 Å². The first kappa shape index (κ1) is 25.3. The zero-order chi connectivity index (χ0) is 23.7. The van der Waals surface area contributed by atoms with Gasteiger partial charge in [0.2, 0.25) is 21.8 Å². The summed E-state index contributed by atoms with van der Waals surface area (Å²) in [6.07, 6.45) is 2.10. The largest absolute Gasteiger partial charge is 0.354 e. The van der Waals surface area contributed by atoms with Crippen LogP contribution in [-0.2, 0) is 26.2 Å². The molecule has 0 aliphatic carbocycles. The van der Waals surface area contributed by atoms with Crippen LogP contribution in [0.1, 0.15) is 32.3 Å². The minimum absolute atomic E-state index is 0.152. The molecule has 0 saturated carbocycles. The van der Waals surface area contributed by atoms with Gasteiger partial charge in [-0.1, -0.05) is 44.2 Å². The summed E-state index contributed by atoms with van der Waals surface area (Å²) >= 11 is 0. The van der Waals surface area contributed by atoms with Gasteiger partial charge in [-0.2, -0.15) is 0 Å². The average molecular weight is 464 g/mol. The molecule has 0 heterocycles. The highest BCUT2D eigenvalue weighted by molar-refractivity contribution is 7.92. The third-order valence-electron chi connectivity index (χ3n) is 4.92. The van der Waals surface area contributed by atoms with Gasteiger partial charge in [-0.05, 0) is 42.7 Å². The smallest absolute Gasteiger partial charge is 0.244 e. The topological polar surface area (TPSA) is 86.8 Å². The fourth-order valence-corrected chi connectivity index (χ4v) is 4.14. The molecule has 2 aromatic carbocycles. The van der Waals surface area contributed by atoms with Crippen LogP contribution in [0.15, 0.2) is 54.6 Å². The van der Waals surface area contributed by atoms with Crippen LogP contribution in [0.4, 0.5) is 10.1 Å². The van der Waals surface area contributed by atoms with E-state index in [2.05, 4.69) is 5.32 Å². The normalized spacial score (nSPS) is 12.1. The van der Waals surface area contributed by atoms with Crippen molar-refractivity contribution < 1.29 is 22.4 Å². The molecule has 0 unspecified atom stereocenters. The van der Waals surface area contributed by atoms with Gasteiger partial charge in [0.15, 0.2) is 0 Å². The minimum Gasteiger partial charge on any atom is -0.354 e. The number of amides is 2. The van der Waals surface area contributed by atoms with Gasteiger partial charge in [0, 0.05) is 13.1 Å². The summed E-state index contributed by atoms with van der Waals surface area (Å²) in [4.78, 5) is 27.6. The molecule has 0 aliphatic rings. The van der Waals surface area contributed by atoms with E-state index in [9.17, 15) is 22.4 Å². The summed E-state index contributed by atoms with van der Waals surface area (Å²) in [7, 11) is -3.84. The number of anilines is 1. The number of nitrogens with one attached hydrogen (secondary N) is 1. The van der Waals surface area contributed by atoms with Crippen molar-refractivity contribution in [2.24, 2.45) is 0 Å². The molecule has 0 spiro atoms. The van der Waals surface area contributed by atoms with E-state index in [0.29, 0.717) is 13.0 Å². The predicted molar refractivity (Wildman–Crippen MR) is 123 cm³/mol. The number of hydrogen-bond donors (Lipinski definition) is 1. The SMILES string of the molecule is CCCNC(=O)[C@@H](CC)N(Cc1ccccc1)C(=O)CN(c1ccc(F)cc1)S(C)(=O)=O. The van der Waals surface area contributed by atoms with Crippen LogP contribution in [-0.4, -0.2) is 50.5 Å². The molecule has 1 N–H and O–H groups in total. The Kier molecular flexibility index (Phi) is 9.19. The van der Waals surface area contributed by atoms with Gasteiger partial charge in [0.1, 0.15) is 18.4 Å². The van der Waals surface area contributed by atoms with Gasteiger partial charge < -0.3 is 10.2 Å². The van der Waals surface area contributed by atoms with Gasteiger partial charge in [-0.25, -0.2) is 12.8 Å². The van der Waals surface area contributed by atoms with Crippen LogP contribution in [0.25, 0.3) is 0 Å². The molecule has 0 aliphatic heterocycles. The Hall–Kier alpha value is -2.94. The Morgan fingerprint density at radius 3 is 2.19 bits per heavy atom. The maximum Gasteiger partial charge on any atom is 0.244 e. The second kappa shape index (κ2) is 11.6. The molecule has 0 saturated heterocycles. The van der Waals surface area contributed by atoms with Gasteiger partial charge >= 0.3 is 0 Å². The molecule has 1 atom stereocenters. The molecule has 0 bridgehead atoms. The highest BCUT2D eigenvalue weighted by Gasteiger charge is 2.31. The first-order chi connectivity index (χ1) is 15.2. The molecular weight excluding hydrogens is 433 g/mol. The van der Waals surface area contributed by atoms with Crippen molar-refractivity contribution in [3.8, 4) is 0 Å². The number of halogens is 1. The predicted octanol–water partition coefficient (Wildman–Crippen LogP) is 2.93. The number of carbonyl (C=O) groups is 2. The second-order valence-electron chi connectivity index (χ2n) is 7.47. The van der Waals surface area contributed by atoms with Crippen molar-refractivity contribution in [3.05, 3.63) is 66.0 Å². The molecule has 0 radical (unpaired) electrons. The van der Waals surface area contributed by atoms with Crippen molar-refractivity contribution in [1.29, 1.82) is 0 Å². The first-order valence-corrected chi connectivity index (χ1v) is 12.4. The van der Waals surface area contributed by atoms with Crippen LogP contribution >= 0.6 is 0 Å². The van der Waals surface area contributed by atoms with Crippen LogP contribution in [0.3, 0.4) is 0 Å². The number of benzene rings is 2. The molecule has 0 aromatic heterocycles. The highest BCUT2D eigenvalue weighted by Crippen LogP contribution is 2.20. The third kappa shape index (κ3) is 7.05. The summed E-state index contributed by atoms with van der Waals surface area (Å²) in [6, 6.07) is 13.3. The number of nitrogens with zero attached hydrogens (tertiary/aromatic N) is 2. The van der Waals surface area contributed by atoms with E-state index in [0.717, 1.165) is 34.7 Å². The lowest BCUT2D eigenvalue weighted by molar-refractivity contribution is -0.140. The van der Waals surface area contributed by atoms with E-state index in [1.807, 2.05) is 37.3 Å². The maximum absolute atomic E-state index is 13.4. The molecular formula is C23H30FN3O4S. The Balaban J connectivity index is 2.38. The van der Waals surface area contributed by atoms with Gasteiger partial charge in [-0.3, -0.25) is 13.9 Å². The lowest BCUT2D eigenvalue weighted by Crippen LogP contribution is -2.52. The zero-order valence-corrected chi connectivity index (χ0v) is 19.4. The molecule has 32 heavy (non-hydrogen) atoms. The fourth-order valence-electron chi connectivity index (χ4n) is 3.29. The molecule has 2 amide bonds. The zero-order valence-electron chi connectivity index (χ0n) is 18.6. The number of carbonyl (C=O) groups excluding carboxylic acids is 2. The Morgan fingerprint density at radius 1 is 1.03 bits per heavy atom. The minimum atomic E-state index is -3.84. The average Bonchev–Trinajstić information content (AvgIpc) is 2.76. The quantitative estimate of drug-likeness (QED) is 0.555. The monoisotopic (exact) mass is 463 g/mol. The van der Waals surface area contributed by atoms with Crippen LogP contribution in [0, 0.1) is 5.82 Å².